The molecule has 0 radical (unpaired) electrons. The summed E-state index contributed by atoms with van der Waals surface area (Å²) in [5.41, 5.74) is 8.92. The summed E-state index contributed by atoms with van der Waals surface area (Å²) >= 11 is 0. The zero-order valence-corrected chi connectivity index (χ0v) is 24.2. The molecule has 0 saturated carbocycles. The minimum Gasteiger partial charge on any atom is -0.456 e. The molecule has 45 heavy (non-hydrogen) atoms. The molecule has 0 aliphatic rings. The lowest BCUT2D eigenvalue weighted by Gasteiger charge is -2.18. The lowest BCUT2D eigenvalue weighted by atomic mass is 9.85. The van der Waals surface area contributed by atoms with E-state index in [-0.39, 0.29) is 29.7 Å². The summed E-state index contributed by atoms with van der Waals surface area (Å²) in [6.07, 6.45) is 0. The van der Waals surface area contributed by atoms with Crippen LogP contribution >= 0.6 is 0 Å². The minimum atomic E-state index is -0.400. The fraction of sp³-hybridized carbons (Fsp3) is 0. The van der Waals surface area contributed by atoms with Crippen molar-refractivity contribution in [3.8, 4) is 44.5 Å². The van der Waals surface area contributed by atoms with Gasteiger partial charge in [-0.2, -0.15) is 0 Å². The van der Waals surface area contributed by atoms with Crippen LogP contribution in [0.4, 0.5) is 0 Å². The molecule has 0 bridgehead atoms. The van der Waals surface area contributed by atoms with E-state index in [9.17, 15) is 0 Å². The van der Waals surface area contributed by atoms with Crippen LogP contribution in [0.15, 0.2) is 174 Å². The minimum absolute atomic E-state index is 0.206. The molecule has 0 amide bonds. The van der Waals surface area contributed by atoms with Crippen molar-refractivity contribution < 1.29 is 11.3 Å². The Hall–Kier alpha value is -5.92. The van der Waals surface area contributed by atoms with Crippen molar-refractivity contribution in [1.82, 2.24) is 0 Å². The van der Waals surface area contributed by atoms with Gasteiger partial charge >= 0.3 is 0 Å². The molecule has 9 rings (SSSR count). The molecule has 0 spiro atoms. The first-order valence-electron chi connectivity index (χ1n) is 17.5. The van der Waals surface area contributed by atoms with Gasteiger partial charge in [-0.15, -0.1) is 0 Å². The summed E-state index contributed by atoms with van der Waals surface area (Å²) < 4.78 is 49.1. The molecule has 0 saturated heterocycles. The first-order chi connectivity index (χ1) is 24.4. The maximum Gasteiger partial charge on any atom is 0.136 e. The monoisotopic (exact) mass is 577 g/mol. The Bertz CT molecular complexity index is 2730. The Morgan fingerprint density at radius 2 is 0.978 bits per heavy atom. The van der Waals surface area contributed by atoms with Crippen molar-refractivity contribution in [2.24, 2.45) is 0 Å². The van der Waals surface area contributed by atoms with E-state index in [0.29, 0.717) is 5.56 Å². The molecule has 0 atom stereocenters. The number of rotatable bonds is 4. The van der Waals surface area contributed by atoms with Crippen LogP contribution < -0.4 is 0 Å². The highest BCUT2D eigenvalue weighted by atomic mass is 16.3. The number of furan rings is 1. The van der Waals surface area contributed by atoms with Gasteiger partial charge in [0, 0.05) is 10.8 Å². The molecular weight excluding hydrogens is 544 g/mol. The van der Waals surface area contributed by atoms with Gasteiger partial charge in [-0.05, 0) is 90.3 Å². The molecule has 0 fully saturated rings. The van der Waals surface area contributed by atoms with E-state index in [4.69, 9.17) is 11.3 Å². The van der Waals surface area contributed by atoms with Gasteiger partial charge in [0.05, 0.1) is 6.85 Å². The van der Waals surface area contributed by atoms with E-state index in [1.54, 1.807) is 0 Å². The van der Waals surface area contributed by atoms with E-state index >= 15 is 0 Å². The fourth-order valence-electron chi connectivity index (χ4n) is 6.80. The zero-order chi connectivity index (χ0) is 34.1. The molecule has 0 unspecified atom stereocenters. The van der Waals surface area contributed by atoms with Gasteiger partial charge in [0.2, 0.25) is 0 Å². The van der Waals surface area contributed by atoms with Crippen LogP contribution in [0.1, 0.15) is 6.85 Å². The van der Waals surface area contributed by atoms with E-state index < -0.39 is 6.04 Å². The highest BCUT2D eigenvalue weighted by Crippen LogP contribution is 2.45. The highest BCUT2D eigenvalue weighted by Gasteiger charge is 2.18. The lowest BCUT2D eigenvalue weighted by Crippen LogP contribution is -1.91. The summed E-state index contributed by atoms with van der Waals surface area (Å²) in [6, 6.07) is 45.8. The molecule has 1 heteroatoms. The first kappa shape index (κ1) is 20.9. The fourth-order valence-corrected chi connectivity index (χ4v) is 6.80. The van der Waals surface area contributed by atoms with Gasteiger partial charge in [-0.3, -0.25) is 0 Å². The molecule has 8 aromatic carbocycles. The van der Waals surface area contributed by atoms with Gasteiger partial charge in [0.1, 0.15) is 11.2 Å². The summed E-state index contributed by atoms with van der Waals surface area (Å²) in [5.74, 6) is 0. The van der Waals surface area contributed by atoms with Crippen molar-refractivity contribution in [2.75, 3.05) is 0 Å². The second kappa shape index (κ2) is 10.4. The smallest absolute Gasteiger partial charge is 0.136 e. The van der Waals surface area contributed by atoms with Crippen LogP contribution in [0.3, 0.4) is 0 Å². The van der Waals surface area contributed by atoms with Crippen LogP contribution in [-0.2, 0) is 0 Å². The highest BCUT2D eigenvalue weighted by molar-refractivity contribution is 6.21. The van der Waals surface area contributed by atoms with Crippen molar-refractivity contribution in [3.63, 3.8) is 0 Å². The normalized spacial score (nSPS) is 13.1. The van der Waals surface area contributed by atoms with Crippen LogP contribution in [-0.4, -0.2) is 0 Å². The molecule has 1 heterocycles. The van der Waals surface area contributed by atoms with E-state index in [1.165, 1.54) is 0 Å². The lowest BCUT2D eigenvalue weighted by molar-refractivity contribution is 0.669. The van der Waals surface area contributed by atoms with Gasteiger partial charge < -0.3 is 4.42 Å². The summed E-state index contributed by atoms with van der Waals surface area (Å²) in [5, 5.41) is 5.63. The van der Waals surface area contributed by atoms with Crippen LogP contribution in [0.5, 0.6) is 0 Å². The molecule has 9 aromatic rings. The standard InChI is InChI=1S/C44H28O/c1-3-13-29(14-4-1)31-25-26-40-39(28-31)44-34(23-12-24-41(44)45-40)32-17-11-18-33(27-32)43-37-21-9-7-19-35(37)42(30-15-5-2-6-16-30)36-20-8-10-22-38(36)43/h1-28H/i2D,5D,6D,15D,16D. The molecule has 1 nitrogen and oxygen atoms in total. The predicted molar refractivity (Wildman–Crippen MR) is 190 cm³/mol. The van der Waals surface area contributed by atoms with Gasteiger partial charge in [0.25, 0.3) is 0 Å². The topological polar surface area (TPSA) is 13.1 Å². The van der Waals surface area contributed by atoms with Crippen LogP contribution in [0.25, 0.3) is 88.0 Å². The van der Waals surface area contributed by atoms with E-state index in [1.807, 2.05) is 72.8 Å². The number of hydrogen-bond acceptors (Lipinski definition) is 1. The summed E-state index contributed by atoms with van der Waals surface area (Å²) in [7, 11) is 0. The number of fused-ring (bicyclic) bond motifs is 5. The van der Waals surface area contributed by atoms with Gasteiger partial charge in [-0.25, -0.2) is 0 Å². The largest absolute Gasteiger partial charge is 0.456 e. The number of hydrogen-bond donors (Lipinski definition) is 0. The van der Waals surface area contributed by atoms with Crippen molar-refractivity contribution in [1.29, 1.82) is 0 Å². The first-order valence-corrected chi connectivity index (χ1v) is 15.0. The zero-order valence-electron chi connectivity index (χ0n) is 29.2. The molecule has 0 aliphatic carbocycles. The maximum absolute atomic E-state index is 8.86. The van der Waals surface area contributed by atoms with Crippen LogP contribution in [0, 0.1) is 0 Å². The van der Waals surface area contributed by atoms with E-state index in [2.05, 4.69) is 66.7 Å². The third-order valence-corrected chi connectivity index (χ3v) is 8.75. The molecule has 210 valence electrons. The Labute approximate surface area is 268 Å². The Balaban J connectivity index is 1.30. The predicted octanol–water partition coefficient (Wildman–Crippen LogP) is 12.6. The quantitative estimate of drug-likeness (QED) is 0.190. The SMILES string of the molecule is [2H]c1c([2H])c([2H])c(-c2c3ccccc3c(-c3cccc(-c4cccc5oc6ccc(-c7ccccc7)cc6c45)c3)c3ccccc23)c([2H])c1[2H]. The van der Waals surface area contributed by atoms with Crippen LogP contribution in [0.2, 0.25) is 0 Å². The van der Waals surface area contributed by atoms with Crippen molar-refractivity contribution in [2.45, 2.75) is 0 Å². The van der Waals surface area contributed by atoms with Gasteiger partial charge in [-0.1, -0.05) is 145 Å². The molecular formula is C44H28O. The number of benzene rings is 8. The summed E-state index contributed by atoms with van der Waals surface area (Å²) in [6.45, 7) is 0. The second-order valence-electron chi connectivity index (χ2n) is 11.3. The Morgan fingerprint density at radius 1 is 0.378 bits per heavy atom. The Morgan fingerprint density at radius 3 is 1.69 bits per heavy atom. The Kier molecular flexibility index (Phi) is 4.81. The maximum atomic E-state index is 8.86. The molecule has 0 aliphatic heterocycles. The second-order valence-corrected chi connectivity index (χ2v) is 11.3. The average Bonchev–Trinajstić information content (AvgIpc) is 3.55. The summed E-state index contributed by atoms with van der Waals surface area (Å²) in [4.78, 5) is 0. The average molecular weight is 578 g/mol. The van der Waals surface area contributed by atoms with Crippen molar-refractivity contribution >= 4 is 43.5 Å². The van der Waals surface area contributed by atoms with Gasteiger partial charge in [0.15, 0.2) is 0 Å². The molecule has 1 aromatic heterocycles. The molecule has 0 N–H and O–H groups in total. The third-order valence-electron chi connectivity index (χ3n) is 8.75. The third kappa shape index (κ3) is 4.17. The van der Waals surface area contributed by atoms with E-state index in [0.717, 1.165) is 76.9 Å². The van der Waals surface area contributed by atoms with Crippen molar-refractivity contribution in [3.05, 3.63) is 170 Å².